The van der Waals surface area contributed by atoms with Crippen molar-refractivity contribution in [2.24, 2.45) is 0 Å². The number of rotatable bonds is 0. The first-order chi connectivity index (χ1) is 8.93. The normalized spacial score (nSPS) is 42.8. The summed E-state index contributed by atoms with van der Waals surface area (Å²) in [6.45, 7) is 0. The van der Waals surface area contributed by atoms with Gasteiger partial charge in [0.25, 0.3) is 0 Å². The zero-order chi connectivity index (χ0) is 11.7. The van der Waals surface area contributed by atoms with Gasteiger partial charge in [-0.3, -0.25) is 0 Å². The van der Waals surface area contributed by atoms with Crippen LogP contribution in [0.25, 0.3) is 6.08 Å². The number of benzene rings is 1. The van der Waals surface area contributed by atoms with Crippen LogP contribution in [0.4, 0.5) is 0 Å². The summed E-state index contributed by atoms with van der Waals surface area (Å²) < 4.78 is 3.15. The Labute approximate surface area is 118 Å². The average Bonchev–Trinajstić information content (AvgIpc) is 2.94. The summed E-state index contributed by atoms with van der Waals surface area (Å²) in [5.41, 5.74) is 3.38. The molecule has 0 bridgehead atoms. The van der Waals surface area contributed by atoms with Crippen molar-refractivity contribution in [3.05, 3.63) is 35.4 Å². The molecule has 4 aliphatic rings. The van der Waals surface area contributed by atoms with Gasteiger partial charge in [0.1, 0.15) is 0 Å². The van der Waals surface area contributed by atoms with Crippen LogP contribution in [0.2, 0.25) is 18.7 Å². The Morgan fingerprint density at radius 2 is 2.17 bits per heavy atom. The van der Waals surface area contributed by atoms with Crippen molar-refractivity contribution >= 4 is 38.3 Å². The van der Waals surface area contributed by atoms with Crippen molar-refractivity contribution in [1.82, 2.24) is 0 Å². The monoisotopic (exact) mass is 370 g/mol. The summed E-state index contributed by atoms with van der Waals surface area (Å²) in [4.78, 5) is 2.27. The number of hydrogen-bond donors (Lipinski definition) is 0. The Morgan fingerprint density at radius 3 is 3.17 bits per heavy atom. The quantitative estimate of drug-likeness (QED) is 0.617. The standard InChI is InChI=1S/C16H18Se2/c1-2-9-17-13(6-1)14-8-7-11-4-3-5-12-10-15(17)18(14)16(11)12/h3-5,7-8,13-15H,1-2,6,9-10H2/q+2. The van der Waals surface area contributed by atoms with Gasteiger partial charge in [-0.2, -0.15) is 0 Å². The summed E-state index contributed by atoms with van der Waals surface area (Å²) in [6, 6.07) is 7.12. The van der Waals surface area contributed by atoms with E-state index in [1.165, 1.54) is 21.4 Å². The van der Waals surface area contributed by atoms with Crippen LogP contribution >= 0.6 is 0 Å². The second kappa shape index (κ2) is 3.76. The van der Waals surface area contributed by atoms with Crippen LogP contribution in [0.1, 0.15) is 30.4 Å². The molecule has 2 saturated heterocycles. The van der Waals surface area contributed by atoms with Crippen LogP contribution in [0.5, 0.6) is 0 Å². The minimum atomic E-state index is -0.472. The van der Waals surface area contributed by atoms with Crippen LogP contribution in [-0.4, -0.2) is 27.8 Å². The number of hydrogen-bond acceptors (Lipinski definition) is 0. The molecular weight excluding hydrogens is 350 g/mol. The van der Waals surface area contributed by atoms with Crippen LogP contribution in [-0.2, 0) is 6.42 Å². The Morgan fingerprint density at radius 1 is 1.17 bits per heavy atom. The van der Waals surface area contributed by atoms with Gasteiger partial charge in [-0.15, -0.1) is 0 Å². The van der Waals surface area contributed by atoms with Gasteiger partial charge in [0.2, 0.25) is 0 Å². The SMILES string of the molecule is C1=CC2C3CCCC[Se+]3C3Cc4cccc1c4[Se+]23. The molecule has 18 heavy (non-hydrogen) atoms. The van der Waals surface area contributed by atoms with E-state index < -0.39 is 13.9 Å². The third-order valence-corrected chi connectivity index (χ3v) is 22.8. The zero-order valence-electron chi connectivity index (χ0n) is 10.5. The topological polar surface area (TPSA) is 0 Å². The van der Waals surface area contributed by atoms with Crippen molar-refractivity contribution in [2.45, 2.75) is 44.3 Å². The van der Waals surface area contributed by atoms with E-state index in [4.69, 9.17) is 0 Å². The molecule has 1 aromatic carbocycles. The molecule has 5 rings (SSSR count). The van der Waals surface area contributed by atoms with Crippen LogP contribution < -0.4 is 4.46 Å². The Bertz CT molecular complexity index is 548. The third-order valence-electron chi connectivity index (χ3n) is 5.00. The molecule has 0 aromatic heterocycles. The van der Waals surface area contributed by atoms with Gasteiger partial charge in [0.05, 0.1) is 0 Å². The van der Waals surface area contributed by atoms with E-state index in [1.54, 1.807) is 29.3 Å². The predicted molar refractivity (Wildman–Crippen MR) is 80.2 cm³/mol. The summed E-state index contributed by atoms with van der Waals surface area (Å²) >= 11 is -0.743. The van der Waals surface area contributed by atoms with Crippen molar-refractivity contribution < 1.29 is 0 Å². The molecule has 0 aliphatic carbocycles. The molecule has 5 unspecified atom stereocenters. The summed E-state index contributed by atoms with van der Waals surface area (Å²) in [5.74, 6) is 0. The van der Waals surface area contributed by atoms with Crippen molar-refractivity contribution in [3.8, 4) is 0 Å². The van der Waals surface area contributed by atoms with E-state index in [-0.39, 0.29) is 13.9 Å². The predicted octanol–water partition coefficient (Wildman–Crippen LogP) is 3.31. The molecule has 0 N–H and O–H groups in total. The fourth-order valence-corrected chi connectivity index (χ4v) is 27.4. The minimum absolute atomic E-state index is 0.271. The molecule has 0 radical (unpaired) electrons. The van der Waals surface area contributed by atoms with E-state index >= 15 is 0 Å². The number of allylic oxidation sites excluding steroid dienone is 1. The first kappa shape index (κ1) is 10.7. The molecule has 4 aliphatic heterocycles. The van der Waals surface area contributed by atoms with Gasteiger partial charge in [-0.05, 0) is 0 Å². The van der Waals surface area contributed by atoms with E-state index in [9.17, 15) is 0 Å². The maximum absolute atomic E-state index is 2.66. The van der Waals surface area contributed by atoms with E-state index in [2.05, 4.69) is 30.4 Å². The molecule has 0 saturated carbocycles. The van der Waals surface area contributed by atoms with Gasteiger partial charge >= 0.3 is 118 Å². The first-order valence-electron chi connectivity index (χ1n) is 7.14. The van der Waals surface area contributed by atoms with E-state index in [1.807, 2.05) is 4.46 Å². The number of fused-ring (bicyclic) bond motifs is 3. The Balaban J connectivity index is 1.71. The molecule has 2 heteroatoms. The van der Waals surface area contributed by atoms with Gasteiger partial charge in [-0.1, -0.05) is 0 Å². The summed E-state index contributed by atoms with van der Waals surface area (Å²) in [7, 11) is 0. The Kier molecular flexibility index (Phi) is 2.25. The van der Waals surface area contributed by atoms with E-state index in [0.717, 1.165) is 4.82 Å². The van der Waals surface area contributed by atoms with E-state index in [0.29, 0.717) is 0 Å². The first-order valence-corrected chi connectivity index (χ1v) is 13.2. The molecule has 4 heterocycles. The van der Waals surface area contributed by atoms with Crippen LogP contribution in [0.3, 0.4) is 0 Å². The summed E-state index contributed by atoms with van der Waals surface area (Å²) in [6.07, 6.45) is 11.3. The molecular formula is C16H18Se2+2. The average molecular weight is 368 g/mol. The molecule has 92 valence electrons. The second-order valence-electron chi connectivity index (χ2n) is 5.87. The zero-order valence-corrected chi connectivity index (χ0v) is 13.9. The third kappa shape index (κ3) is 1.23. The Hall–Kier alpha value is -0.00104. The van der Waals surface area contributed by atoms with Gasteiger partial charge in [0, 0.05) is 0 Å². The van der Waals surface area contributed by atoms with Gasteiger partial charge in [0.15, 0.2) is 0 Å². The van der Waals surface area contributed by atoms with Crippen molar-refractivity contribution in [2.75, 3.05) is 0 Å². The molecule has 0 spiro atoms. The summed E-state index contributed by atoms with van der Waals surface area (Å²) in [5, 5.41) is 1.67. The molecule has 2 fully saturated rings. The fraction of sp³-hybridized carbons (Fsp3) is 0.500. The van der Waals surface area contributed by atoms with Crippen molar-refractivity contribution in [3.63, 3.8) is 0 Å². The fourth-order valence-electron chi connectivity index (χ4n) is 4.29. The van der Waals surface area contributed by atoms with Crippen molar-refractivity contribution in [1.29, 1.82) is 0 Å². The van der Waals surface area contributed by atoms with Crippen LogP contribution in [0.15, 0.2) is 24.3 Å². The van der Waals surface area contributed by atoms with Gasteiger partial charge < -0.3 is 0 Å². The van der Waals surface area contributed by atoms with Crippen LogP contribution in [0, 0.1) is 0 Å². The molecule has 1 aromatic rings. The van der Waals surface area contributed by atoms with Gasteiger partial charge in [-0.25, -0.2) is 0 Å². The molecule has 0 amide bonds. The molecule has 0 nitrogen and oxygen atoms in total. The molecule has 5 atom stereocenters. The second-order valence-corrected chi connectivity index (χ2v) is 17.4. The maximum atomic E-state index is 2.66.